The van der Waals surface area contributed by atoms with Gasteiger partial charge >= 0.3 is 0 Å². The fourth-order valence-corrected chi connectivity index (χ4v) is 5.12. The zero-order valence-electron chi connectivity index (χ0n) is 27.2. The number of rotatable bonds is 1. The van der Waals surface area contributed by atoms with Crippen LogP contribution in [0.4, 0.5) is 0 Å². The van der Waals surface area contributed by atoms with Crippen LogP contribution in [-0.2, 0) is 10.8 Å². The Kier molecular flexibility index (Phi) is 8.81. The summed E-state index contributed by atoms with van der Waals surface area (Å²) >= 11 is 0. The molecule has 1 atom stereocenters. The second-order valence-electron chi connectivity index (χ2n) is 15.8. The molecule has 1 unspecified atom stereocenters. The first kappa shape index (κ1) is 30.9. The van der Waals surface area contributed by atoms with Crippen molar-refractivity contribution in [3.8, 4) is 11.1 Å². The number of hydrogen-bond donors (Lipinski definition) is 0. The predicted octanol–water partition coefficient (Wildman–Crippen LogP) is 12.1. The topological polar surface area (TPSA) is 0 Å². The van der Waals surface area contributed by atoms with Crippen LogP contribution in [0, 0.1) is 16.7 Å². The molecule has 39 heavy (non-hydrogen) atoms. The molecule has 0 nitrogen and oxygen atoms in total. The summed E-state index contributed by atoms with van der Waals surface area (Å²) in [4.78, 5) is 0. The van der Waals surface area contributed by atoms with Crippen LogP contribution in [0.1, 0.15) is 108 Å². The van der Waals surface area contributed by atoms with Gasteiger partial charge in [0.05, 0.1) is 0 Å². The summed E-state index contributed by atoms with van der Waals surface area (Å²) in [5.74, 6) is 0.693. The van der Waals surface area contributed by atoms with Crippen LogP contribution in [0.25, 0.3) is 21.9 Å². The second-order valence-corrected chi connectivity index (χ2v) is 15.8. The lowest BCUT2D eigenvalue weighted by Gasteiger charge is -2.32. The maximum Gasteiger partial charge on any atom is -0.0105 e. The van der Waals surface area contributed by atoms with Crippen LogP contribution in [0.15, 0.2) is 84.0 Å². The standard InChI is InChI=1S/C24H28.C15H26/c1-23(2,3)19-14-18(15-20(16-19)24(4,5)6)22-13-9-11-17-10-7-8-12-21(17)22;1-11-8-12(14(2,3)4)10-13(9-11)15(5,6)7/h7-16H,1-6H3;8,10-11H,9H2,1-7H3. The van der Waals surface area contributed by atoms with Gasteiger partial charge in [0.2, 0.25) is 0 Å². The normalized spacial score (nSPS) is 16.8. The molecule has 1 aliphatic carbocycles. The quantitative estimate of drug-likeness (QED) is 0.298. The minimum absolute atomic E-state index is 0.139. The molecule has 210 valence electrons. The lowest BCUT2D eigenvalue weighted by atomic mass is 9.73. The first-order valence-corrected chi connectivity index (χ1v) is 14.8. The molecule has 0 saturated heterocycles. The van der Waals surface area contributed by atoms with E-state index in [4.69, 9.17) is 0 Å². The molecule has 0 aliphatic heterocycles. The Balaban J connectivity index is 0.000000242. The lowest BCUT2D eigenvalue weighted by Crippen LogP contribution is -2.19. The molecular formula is C39H54. The van der Waals surface area contributed by atoms with Crippen molar-refractivity contribution in [2.24, 2.45) is 16.7 Å². The van der Waals surface area contributed by atoms with E-state index in [0.717, 1.165) is 0 Å². The smallest absolute Gasteiger partial charge is 0.0105 e. The van der Waals surface area contributed by atoms with Crippen LogP contribution in [0.2, 0.25) is 0 Å². The molecule has 3 aromatic rings. The van der Waals surface area contributed by atoms with E-state index in [9.17, 15) is 0 Å². The SMILES string of the molecule is CC(C)(C)c1cc(-c2cccc3ccccc23)cc(C(C)(C)C)c1.CC1C=C(C(C)(C)C)C=C(C(C)(C)C)C1. The van der Waals surface area contributed by atoms with Crippen molar-refractivity contribution < 1.29 is 0 Å². The molecular weight excluding hydrogens is 468 g/mol. The zero-order valence-corrected chi connectivity index (χ0v) is 27.2. The Morgan fingerprint density at radius 2 is 1.13 bits per heavy atom. The average Bonchev–Trinajstić information content (AvgIpc) is 2.81. The van der Waals surface area contributed by atoms with Gasteiger partial charge in [-0.25, -0.2) is 0 Å². The summed E-state index contributed by atoms with van der Waals surface area (Å²) < 4.78 is 0. The van der Waals surface area contributed by atoms with Crippen LogP contribution in [-0.4, -0.2) is 0 Å². The largest absolute Gasteiger partial charge is 0.0776 e. The molecule has 0 heterocycles. The van der Waals surface area contributed by atoms with Crippen molar-refractivity contribution in [2.45, 2.75) is 107 Å². The van der Waals surface area contributed by atoms with Crippen molar-refractivity contribution >= 4 is 10.8 Å². The fraction of sp³-hybridized carbons (Fsp3) is 0.487. The van der Waals surface area contributed by atoms with Gasteiger partial charge in [-0.3, -0.25) is 0 Å². The van der Waals surface area contributed by atoms with Crippen molar-refractivity contribution in [3.63, 3.8) is 0 Å². The first-order valence-electron chi connectivity index (χ1n) is 14.8. The van der Waals surface area contributed by atoms with E-state index >= 15 is 0 Å². The van der Waals surface area contributed by atoms with Gasteiger partial charge in [0, 0.05) is 0 Å². The Morgan fingerprint density at radius 3 is 1.64 bits per heavy atom. The van der Waals surface area contributed by atoms with E-state index < -0.39 is 0 Å². The van der Waals surface area contributed by atoms with Gasteiger partial charge in [0.1, 0.15) is 0 Å². The number of benzene rings is 3. The van der Waals surface area contributed by atoms with Crippen molar-refractivity contribution in [3.05, 3.63) is 95.1 Å². The fourth-order valence-electron chi connectivity index (χ4n) is 5.12. The summed E-state index contributed by atoms with van der Waals surface area (Å²) in [6.45, 7) is 29.9. The zero-order chi connectivity index (χ0) is 29.4. The highest BCUT2D eigenvalue weighted by Gasteiger charge is 2.26. The number of fused-ring (bicyclic) bond motifs is 1. The predicted molar refractivity (Wildman–Crippen MR) is 176 cm³/mol. The number of hydrogen-bond acceptors (Lipinski definition) is 0. The van der Waals surface area contributed by atoms with Crippen LogP contribution < -0.4 is 0 Å². The Labute approximate surface area is 240 Å². The van der Waals surface area contributed by atoms with Gasteiger partial charge in [-0.1, -0.05) is 168 Å². The Bertz CT molecular complexity index is 1310. The summed E-state index contributed by atoms with van der Waals surface area (Å²) in [6, 6.07) is 22.4. The van der Waals surface area contributed by atoms with Crippen molar-refractivity contribution in [2.75, 3.05) is 0 Å². The Morgan fingerprint density at radius 1 is 0.590 bits per heavy atom. The van der Waals surface area contributed by atoms with E-state index in [1.165, 1.54) is 45.0 Å². The molecule has 0 radical (unpaired) electrons. The van der Waals surface area contributed by atoms with E-state index in [-0.39, 0.29) is 16.2 Å². The third-order valence-electron chi connectivity index (χ3n) is 7.93. The average molecular weight is 523 g/mol. The maximum atomic E-state index is 2.44. The highest BCUT2D eigenvalue weighted by Crippen LogP contribution is 2.40. The molecule has 0 bridgehead atoms. The molecule has 0 spiro atoms. The highest BCUT2D eigenvalue weighted by atomic mass is 14.3. The minimum Gasteiger partial charge on any atom is -0.0776 e. The van der Waals surface area contributed by atoms with Crippen molar-refractivity contribution in [1.29, 1.82) is 0 Å². The highest BCUT2D eigenvalue weighted by molar-refractivity contribution is 5.96. The van der Waals surface area contributed by atoms with Gasteiger partial charge in [-0.05, 0) is 72.6 Å². The van der Waals surface area contributed by atoms with Crippen LogP contribution in [0.3, 0.4) is 0 Å². The molecule has 0 fully saturated rings. The molecule has 0 heteroatoms. The molecule has 3 aromatic carbocycles. The first-order chi connectivity index (χ1) is 17.8. The monoisotopic (exact) mass is 522 g/mol. The van der Waals surface area contributed by atoms with E-state index in [0.29, 0.717) is 11.3 Å². The summed E-state index contributed by atoms with van der Waals surface area (Å²) in [5, 5.41) is 2.62. The van der Waals surface area contributed by atoms with Crippen molar-refractivity contribution in [1.82, 2.24) is 0 Å². The summed E-state index contributed by atoms with van der Waals surface area (Å²) in [6.07, 6.45) is 6.10. The van der Waals surface area contributed by atoms with Gasteiger partial charge in [-0.2, -0.15) is 0 Å². The summed E-state index contributed by atoms with van der Waals surface area (Å²) in [7, 11) is 0. The van der Waals surface area contributed by atoms with Gasteiger partial charge in [0.25, 0.3) is 0 Å². The molecule has 0 aromatic heterocycles. The molecule has 0 amide bonds. The maximum absolute atomic E-state index is 2.44. The molecule has 4 rings (SSSR count). The molecule has 0 saturated carbocycles. The molecule has 1 aliphatic rings. The minimum atomic E-state index is 0.139. The van der Waals surface area contributed by atoms with Gasteiger partial charge in [-0.15, -0.1) is 0 Å². The van der Waals surface area contributed by atoms with E-state index in [2.05, 4.69) is 163 Å². The van der Waals surface area contributed by atoms with Gasteiger partial charge < -0.3 is 0 Å². The molecule has 0 N–H and O–H groups in total. The van der Waals surface area contributed by atoms with Crippen LogP contribution >= 0.6 is 0 Å². The van der Waals surface area contributed by atoms with E-state index in [1.54, 1.807) is 5.57 Å². The number of allylic oxidation sites excluding steroid dienone is 4. The lowest BCUT2D eigenvalue weighted by molar-refractivity contribution is 0.441. The third kappa shape index (κ3) is 7.97. The van der Waals surface area contributed by atoms with E-state index in [1.807, 2.05) is 0 Å². The third-order valence-corrected chi connectivity index (χ3v) is 7.93. The Hall–Kier alpha value is -2.60. The van der Waals surface area contributed by atoms with Gasteiger partial charge in [0.15, 0.2) is 0 Å². The second kappa shape index (κ2) is 11.1. The summed E-state index contributed by atoms with van der Waals surface area (Å²) in [5.41, 5.74) is 9.43. The van der Waals surface area contributed by atoms with Crippen LogP contribution in [0.5, 0.6) is 0 Å².